The lowest BCUT2D eigenvalue weighted by atomic mass is 9.83. The van der Waals surface area contributed by atoms with Crippen LogP contribution in [0.2, 0.25) is 0 Å². The van der Waals surface area contributed by atoms with Crippen LogP contribution in [0, 0.1) is 11.7 Å². The first kappa shape index (κ1) is 22.0. The largest absolute Gasteiger partial charge is 0.460 e. The summed E-state index contributed by atoms with van der Waals surface area (Å²) in [5.41, 5.74) is 2.37. The summed E-state index contributed by atoms with van der Waals surface area (Å²) in [6.07, 6.45) is 2.12. The standard InChI is InChI=1S/C26H32FNO3/c1-25(2,3)31-24(29)21(16-19-8-5-7-11-23(19)27)17-28-14-12-26(13-15-28)22-10-6-4-9-20(22)18-30-26/h4-11,21H,12-18H2,1-3H3. The topological polar surface area (TPSA) is 38.8 Å². The molecule has 4 nitrogen and oxygen atoms in total. The number of nitrogens with zero attached hydrogens (tertiary/aromatic N) is 1. The Hall–Kier alpha value is -2.24. The molecule has 31 heavy (non-hydrogen) atoms. The highest BCUT2D eigenvalue weighted by atomic mass is 19.1. The van der Waals surface area contributed by atoms with E-state index in [4.69, 9.17) is 9.47 Å². The van der Waals surface area contributed by atoms with Crippen molar-refractivity contribution < 1.29 is 18.7 Å². The molecule has 1 spiro atoms. The fourth-order valence-electron chi connectivity index (χ4n) is 4.74. The van der Waals surface area contributed by atoms with Gasteiger partial charge in [-0.3, -0.25) is 4.79 Å². The molecule has 2 heterocycles. The number of halogens is 1. The predicted molar refractivity (Wildman–Crippen MR) is 118 cm³/mol. The lowest BCUT2D eigenvalue weighted by Gasteiger charge is -2.40. The van der Waals surface area contributed by atoms with Crippen LogP contribution in [0.5, 0.6) is 0 Å². The third-order valence-electron chi connectivity index (χ3n) is 6.32. The van der Waals surface area contributed by atoms with E-state index in [-0.39, 0.29) is 17.4 Å². The Morgan fingerprint density at radius 2 is 1.81 bits per heavy atom. The molecular weight excluding hydrogens is 393 g/mol. The van der Waals surface area contributed by atoms with Gasteiger partial charge in [0.05, 0.1) is 18.1 Å². The van der Waals surface area contributed by atoms with E-state index >= 15 is 0 Å². The monoisotopic (exact) mass is 425 g/mol. The van der Waals surface area contributed by atoms with E-state index in [0.717, 1.165) is 25.9 Å². The number of hydrogen-bond acceptors (Lipinski definition) is 4. The van der Waals surface area contributed by atoms with E-state index in [1.54, 1.807) is 12.1 Å². The van der Waals surface area contributed by atoms with Crippen LogP contribution < -0.4 is 0 Å². The molecule has 4 rings (SSSR count). The molecule has 166 valence electrons. The molecule has 2 aliphatic rings. The summed E-state index contributed by atoms with van der Waals surface area (Å²) in [7, 11) is 0. The highest BCUT2D eigenvalue weighted by molar-refractivity contribution is 5.73. The van der Waals surface area contributed by atoms with Crippen LogP contribution in [-0.4, -0.2) is 36.1 Å². The average molecular weight is 426 g/mol. The summed E-state index contributed by atoms with van der Waals surface area (Å²) in [6, 6.07) is 15.1. The number of hydrogen-bond donors (Lipinski definition) is 0. The molecule has 0 aliphatic carbocycles. The quantitative estimate of drug-likeness (QED) is 0.642. The van der Waals surface area contributed by atoms with E-state index in [1.165, 1.54) is 17.2 Å². The number of fused-ring (bicyclic) bond motifs is 2. The first-order valence-corrected chi connectivity index (χ1v) is 11.2. The van der Waals surface area contributed by atoms with Gasteiger partial charge in [0, 0.05) is 19.6 Å². The van der Waals surface area contributed by atoms with E-state index in [2.05, 4.69) is 29.2 Å². The fourth-order valence-corrected chi connectivity index (χ4v) is 4.74. The molecule has 1 fully saturated rings. The van der Waals surface area contributed by atoms with Crippen molar-refractivity contribution in [2.75, 3.05) is 19.6 Å². The average Bonchev–Trinajstić information content (AvgIpc) is 3.08. The van der Waals surface area contributed by atoms with Crippen LogP contribution in [0.25, 0.3) is 0 Å². The smallest absolute Gasteiger partial charge is 0.311 e. The second-order valence-electron chi connectivity index (χ2n) is 9.77. The molecule has 2 aliphatic heterocycles. The molecular formula is C26H32FNO3. The van der Waals surface area contributed by atoms with Crippen molar-refractivity contribution in [2.24, 2.45) is 5.92 Å². The highest BCUT2D eigenvalue weighted by Gasteiger charge is 2.43. The van der Waals surface area contributed by atoms with Crippen molar-refractivity contribution in [3.63, 3.8) is 0 Å². The Labute approximate surface area is 184 Å². The first-order chi connectivity index (χ1) is 14.8. The molecule has 0 aromatic heterocycles. The number of piperidine rings is 1. The van der Waals surface area contributed by atoms with Crippen LogP contribution in [-0.2, 0) is 32.9 Å². The van der Waals surface area contributed by atoms with E-state index in [9.17, 15) is 9.18 Å². The Kier molecular flexibility index (Phi) is 6.18. The molecule has 2 aromatic rings. The molecule has 0 saturated carbocycles. The number of esters is 1. The zero-order valence-corrected chi connectivity index (χ0v) is 18.7. The number of carbonyl (C=O) groups is 1. The van der Waals surface area contributed by atoms with Crippen LogP contribution >= 0.6 is 0 Å². The van der Waals surface area contributed by atoms with Crippen LogP contribution in [0.3, 0.4) is 0 Å². The van der Waals surface area contributed by atoms with Crippen LogP contribution in [0.1, 0.15) is 50.3 Å². The summed E-state index contributed by atoms with van der Waals surface area (Å²) in [6.45, 7) is 8.50. The van der Waals surface area contributed by atoms with Gasteiger partial charge in [-0.15, -0.1) is 0 Å². The molecule has 5 heteroatoms. The zero-order chi connectivity index (χ0) is 22.1. The van der Waals surface area contributed by atoms with Crippen molar-refractivity contribution in [3.8, 4) is 0 Å². The van der Waals surface area contributed by atoms with E-state index in [1.807, 2.05) is 26.8 Å². The number of carbonyl (C=O) groups excluding carboxylic acids is 1. The molecule has 1 atom stereocenters. The minimum absolute atomic E-state index is 0.208. The van der Waals surface area contributed by atoms with Gasteiger partial charge in [-0.25, -0.2) is 4.39 Å². The maximum atomic E-state index is 14.3. The van der Waals surface area contributed by atoms with Crippen molar-refractivity contribution in [2.45, 2.75) is 57.8 Å². The lowest BCUT2D eigenvalue weighted by molar-refractivity contribution is -0.161. The van der Waals surface area contributed by atoms with Crippen LogP contribution in [0.15, 0.2) is 48.5 Å². The third-order valence-corrected chi connectivity index (χ3v) is 6.32. The lowest BCUT2D eigenvalue weighted by Crippen LogP contribution is -2.46. The van der Waals surface area contributed by atoms with Crippen molar-refractivity contribution in [1.29, 1.82) is 0 Å². The van der Waals surface area contributed by atoms with Gasteiger partial charge in [0.25, 0.3) is 0 Å². The Morgan fingerprint density at radius 1 is 1.13 bits per heavy atom. The third kappa shape index (κ3) is 4.99. The molecule has 0 bridgehead atoms. The summed E-state index contributed by atoms with van der Waals surface area (Å²) in [5.74, 6) is -0.954. The van der Waals surface area contributed by atoms with Crippen molar-refractivity contribution in [1.82, 2.24) is 4.90 Å². The molecule has 0 amide bonds. The minimum Gasteiger partial charge on any atom is -0.460 e. The van der Waals surface area contributed by atoms with Gasteiger partial charge in [0.2, 0.25) is 0 Å². The molecule has 2 aromatic carbocycles. The minimum atomic E-state index is -0.572. The molecule has 0 N–H and O–H groups in total. The fraction of sp³-hybridized carbons (Fsp3) is 0.500. The first-order valence-electron chi connectivity index (χ1n) is 11.2. The maximum absolute atomic E-state index is 14.3. The van der Waals surface area contributed by atoms with E-state index in [0.29, 0.717) is 25.1 Å². The Morgan fingerprint density at radius 3 is 2.52 bits per heavy atom. The summed E-state index contributed by atoms with van der Waals surface area (Å²) in [4.78, 5) is 15.3. The van der Waals surface area contributed by atoms with Gasteiger partial charge in [-0.2, -0.15) is 0 Å². The van der Waals surface area contributed by atoms with Gasteiger partial charge in [0.15, 0.2) is 0 Å². The Balaban J connectivity index is 1.45. The number of benzene rings is 2. The molecule has 1 unspecified atom stereocenters. The molecule has 0 radical (unpaired) electrons. The summed E-state index contributed by atoms with van der Waals surface area (Å²) in [5, 5.41) is 0. The second-order valence-corrected chi connectivity index (χ2v) is 9.77. The summed E-state index contributed by atoms with van der Waals surface area (Å²) >= 11 is 0. The van der Waals surface area contributed by atoms with Crippen molar-refractivity contribution in [3.05, 3.63) is 71.0 Å². The maximum Gasteiger partial charge on any atom is 0.311 e. The molecule has 1 saturated heterocycles. The van der Waals surface area contributed by atoms with E-state index < -0.39 is 11.5 Å². The normalized spacial score (nSPS) is 19.2. The second kappa shape index (κ2) is 8.71. The number of likely N-dealkylation sites (tertiary alicyclic amines) is 1. The van der Waals surface area contributed by atoms with Crippen LogP contribution in [0.4, 0.5) is 4.39 Å². The van der Waals surface area contributed by atoms with Gasteiger partial charge in [-0.05, 0) is 62.8 Å². The number of rotatable bonds is 5. The SMILES string of the molecule is CC(C)(C)OC(=O)C(Cc1ccccc1F)CN1CCC2(CC1)OCc1ccccc12. The van der Waals surface area contributed by atoms with Gasteiger partial charge in [-0.1, -0.05) is 42.5 Å². The highest BCUT2D eigenvalue weighted by Crippen LogP contribution is 2.44. The predicted octanol–water partition coefficient (Wildman–Crippen LogP) is 4.85. The van der Waals surface area contributed by atoms with Crippen molar-refractivity contribution >= 4 is 5.97 Å². The number of ether oxygens (including phenoxy) is 2. The summed E-state index contributed by atoms with van der Waals surface area (Å²) < 4.78 is 26.2. The van der Waals surface area contributed by atoms with Gasteiger partial charge in [0.1, 0.15) is 11.4 Å². The van der Waals surface area contributed by atoms with Gasteiger partial charge < -0.3 is 14.4 Å². The Bertz CT molecular complexity index is 928. The van der Waals surface area contributed by atoms with Gasteiger partial charge >= 0.3 is 5.97 Å². The zero-order valence-electron chi connectivity index (χ0n) is 18.7.